The number of aromatic nitrogens is 1. The summed E-state index contributed by atoms with van der Waals surface area (Å²) in [6.45, 7) is 0. The van der Waals surface area contributed by atoms with E-state index in [4.69, 9.17) is 24.8 Å². The summed E-state index contributed by atoms with van der Waals surface area (Å²) in [7, 11) is 1.83. The van der Waals surface area contributed by atoms with Crippen molar-refractivity contribution in [3.8, 4) is 0 Å². The molecule has 0 fully saturated rings. The third kappa shape index (κ3) is 2.10. The number of thiocarbonyl (C=S) groups is 1. The Hall–Kier alpha value is -0.740. The van der Waals surface area contributed by atoms with Crippen LogP contribution in [0.5, 0.6) is 0 Å². The monoisotopic (exact) mass is 183 g/mol. The summed E-state index contributed by atoms with van der Waals surface area (Å²) in [5.41, 5.74) is 0.924. The summed E-state index contributed by atoms with van der Waals surface area (Å²) in [4.78, 5) is 5.67. The summed E-state index contributed by atoms with van der Waals surface area (Å²) in [6, 6.07) is 3.76. The maximum Gasteiger partial charge on any atom is 0.0581 e. The van der Waals surface area contributed by atoms with E-state index in [0.29, 0.717) is 4.32 Å². The molecular weight excluding hydrogens is 176 g/mol. The molecule has 1 aromatic rings. The largest absolute Gasteiger partial charge is 0.411 e. The van der Waals surface area contributed by atoms with E-state index in [1.54, 1.807) is 17.3 Å². The van der Waals surface area contributed by atoms with E-state index in [9.17, 15) is 0 Å². The molecular formula is C7H7N2S2-. The molecule has 4 heteroatoms. The molecule has 0 aliphatic rings. The Labute approximate surface area is 76.7 Å². The molecule has 0 aromatic carbocycles. The van der Waals surface area contributed by atoms with Crippen LogP contribution in [0.3, 0.4) is 0 Å². The van der Waals surface area contributed by atoms with Crippen molar-refractivity contribution < 1.29 is 0 Å². The van der Waals surface area contributed by atoms with Crippen molar-refractivity contribution in [3.05, 3.63) is 24.5 Å². The van der Waals surface area contributed by atoms with Crippen molar-refractivity contribution in [2.45, 2.75) is 0 Å². The van der Waals surface area contributed by atoms with Gasteiger partial charge < -0.3 is 29.7 Å². The van der Waals surface area contributed by atoms with Gasteiger partial charge in [0.2, 0.25) is 0 Å². The molecule has 58 valence electrons. The van der Waals surface area contributed by atoms with Crippen LogP contribution >= 0.6 is 12.2 Å². The molecule has 0 saturated carbocycles. The zero-order chi connectivity index (χ0) is 8.27. The lowest BCUT2D eigenvalue weighted by molar-refractivity contribution is 1.24. The van der Waals surface area contributed by atoms with Crippen molar-refractivity contribution in [1.29, 1.82) is 0 Å². The van der Waals surface area contributed by atoms with Crippen molar-refractivity contribution in [1.82, 2.24) is 4.98 Å². The average molecular weight is 183 g/mol. The average Bonchev–Trinajstić information content (AvgIpc) is 2.05. The van der Waals surface area contributed by atoms with E-state index in [-0.39, 0.29) is 0 Å². The third-order valence-corrected chi connectivity index (χ3v) is 1.85. The van der Waals surface area contributed by atoms with Crippen LogP contribution in [0, 0.1) is 0 Å². The topological polar surface area (TPSA) is 16.1 Å². The Kier molecular flexibility index (Phi) is 2.73. The van der Waals surface area contributed by atoms with E-state index in [2.05, 4.69) is 4.98 Å². The molecule has 0 aliphatic heterocycles. The summed E-state index contributed by atoms with van der Waals surface area (Å²) >= 11 is 9.63. The maximum atomic E-state index is 4.81. The Balaban J connectivity index is 2.85. The van der Waals surface area contributed by atoms with Gasteiger partial charge in [0.05, 0.1) is 11.9 Å². The minimum atomic E-state index is 0.429. The van der Waals surface area contributed by atoms with Gasteiger partial charge in [-0.05, 0) is 12.1 Å². The first-order valence-corrected chi connectivity index (χ1v) is 3.88. The smallest absolute Gasteiger partial charge is 0.0581 e. The Bertz CT molecular complexity index is 248. The van der Waals surface area contributed by atoms with Gasteiger partial charge in [0, 0.05) is 13.2 Å². The predicted molar refractivity (Wildman–Crippen MR) is 52.6 cm³/mol. The van der Waals surface area contributed by atoms with Crippen LogP contribution in [0.25, 0.3) is 0 Å². The first-order chi connectivity index (χ1) is 5.22. The standard InChI is InChI=1S/C7H8N2S2/c1-9(7(10)11)6-3-2-4-8-5-6/h2-5H,1H3,(H,10,11)/p-1. The van der Waals surface area contributed by atoms with E-state index in [1.165, 1.54) is 0 Å². The summed E-state index contributed by atoms with van der Waals surface area (Å²) < 4.78 is 0.429. The number of rotatable bonds is 1. The molecule has 0 unspecified atom stereocenters. The number of anilines is 1. The molecule has 0 N–H and O–H groups in total. The highest BCUT2D eigenvalue weighted by molar-refractivity contribution is 8.00. The quantitative estimate of drug-likeness (QED) is 0.482. The third-order valence-electron chi connectivity index (χ3n) is 1.31. The van der Waals surface area contributed by atoms with Crippen molar-refractivity contribution in [2.75, 3.05) is 11.9 Å². The fourth-order valence-electron chi connectivity index (χ4n) is 0.658. The molecule has 2 nitrogen and oxygen atoms in total. The Morgan fingerprint density at radius 3 is 2.91 bits per heavy atom. The van der Waals surface area contributed by atoms with Crippen LogP contribution in [-0.4, -0.2) is 16.4 Å². The SMILES string of the molecule is CN(C(=S)[S-])c1cccnc1. The van der Waals surface area contributed by atoms with Crippen LogP contribution in [0.4, 0.5) is 5.69 Å². The number of hydrogen-bond donors (Lipinski definition) is 0. The summed E-state index contributed by atoms with van der Waals surface area (Å²) in [5.74, 6) is 0. The van der Waals surface area contributed by atoms with Gasteiger partial charge in [0.1, 0.15) is 0 Å². The van der Waals surface area contributed by atoms with E-state index >= 15 is 0 Å². The second-order valence-electron chi connectivity index (χ2n) is 2.04. The van der Waals surface area contributed by atoms with Crippen LogP contribution in [0.15, 0.2) is 24.5 Å². The normalized spacial score (nSPS) is 9.18. The molecule has 1 aromatic heterocycles. The van der Waals surface area contributed by atoms with Crippen LogP contribution < -0.4 is 4.90 Å². The Morgan fingerprint density at radius 1 is 1.73 bits per heavy atom. The molecule has 1 rings (SSSR count). The fourth-order valence-corrected chi connectivity index (χ4v) is 0.868. The second kappa shape index (κ2) is 3.59. The van der Waals surface area contributed by atoms with Crippen LogP contribution in [0.1, 0.15) is 0 Å². The van der Waals surface area contributed by atoms with Gasteiger partial charge in [-0.25, -0.2) is 0 Å². The molecule has 1 heterocycles. The van der Waals surface area contributed by atoms with Crippen molar-refractivity contribution in [3.63, 3.8) is 0 Å². The zero-order valence-corrected chi connectivity index (χ0v) is 7.65. The lowest BCUT2D eigenvalue weighted by atomic mass is 10.4. The molecule has 0 amide bonds. The molecule has 0 bridgehead atoms. The van der Waals surface area contributed by atoms with Gasteiger partial charge in [-0.3, -0.25) is 4.98 Å². The molecule has 0 radical (unpaired) electrons. The highest BCUT2D eigenvalue weighted by Crippen LogP contribution is 2.08. The minimum Gasteiger partial charge on any atom is -0.411 e. The van der Waals surface area contributed by atoms with Gasteiger partial charge in [-0.2, -0.15) is 0 Å². The number of nitrogens with zero attached hydrogens (tertiary/aromatic N) is 2. The van der Waals surface area contributed by atoms with E-state index in [1.807, 2.05) is 19.2 Å². The van der Waals surface area contributed by atoms with Crippen molar-refractivity contribution in [2.24, 2.45) is 0 Å². The summed E-state index contributed by atoms with van der Waals surface area (Å²) in [5, 5.41) is 0. The highest BCUT2D eigenvalue weighted by Gasteiger charge is 1.94. The first-order valence-electron chi connectivity index (χ1n) is 3.06. The lowest BCUT2D eigenvalue weighted by Crippen LogP contribution is -2.21. The fraction of sp³-hybridized carbons (Fsp3) is 0.143. The summed E-state index contributed by atoms with van der Waals surface area (Å²) in [6.07, 6.45) is 3.43. The molecule has 0 atom stereocenters. The van der Waals surface area contributed by atoms with Gasteiger partial charge in [0.25, 0.3) is 0 Å². The lowest BCUT2D eigenvalue weighted by Gasteiger charge is -2.22. The maximum absolute atomic E-state index is 4.81. The Morgan fingerprint density at radius 2 is 2.45 bits per heavy atom. The molecule has 0 spiro atoms. The second-order valence-corrected chi connectivity index (χ2v) is 3.07. The van der Waals surface area contributed by atoms with Crippen molar-refractivity contribution >= 4 is 34.9 Å². The van der Waals surface area contributed by atoms with E-state index < -0.39 is 0 Å². The van der Waals surface area contributed by atoms with E-state index in [0.717, 1.165) is 5.69 Å². The van der Waals surface area contributed by atoms with Gasteiger partial charge in [0.15, 0.2) is 0 Å². The highest BCUT2D eigenvalue weighted by atomic mass is 32.1. The molecule has 0 saturated heterocycles. The molecule has 0 aliphatic carbocycles. The van der Waals surface area contributed by atoms with Crippen LogP contribution in [-0.2, 0) is 12.6 Å². The minimum absolute atomic E-state index is 0.429. The predicted octanol–water partition coefficient (Wildman–Crippen LogP) is 1.35. The van der Waals surface area contributed by atoms with Gasteiger partial charge >= 0.3 is 0 Å². The first kappa shape index (κ1) is 8.36. The number of pyridine rings is 1. The van der Waals surface area contributed by atoms with Gasteiger partial charge in [-0.15, -0.1) is 0 Å². The molecule has 11 heavy (non-hydrogen) atoms. The van der Waals surface area contributed by atoms with Gasteiger partial charge in [-0.1, -0.05) is 4.32 Å². The van der Waals surface area contributed by atoms with Crippen LogP contribution in [0.2, 0.25) is 0 Å². The zero-order valence-electron chi connectivity index (χ0n) is 6.02. The number of hydrogen-bond acceptors (Lipinski definition) is 3.